The average Bonchev–Trinajstić information content (AvgIpc) is 2.59. The normalized spacial score (nSPS) is 27.2. The summed E-state index contributed by atoms with van der Waals surface area (Å²) in [5.74, 6) is 0. The first kappa shape index (κ1) is 14.6. The van der Waals surface area contributed by atoms with Gasteiger partial charge in [-0.1, -0.05) is 20.3 Å². The molecule has 1 aromatic heterocycles. The van der Waals surface area contributed by atoms with Gasteiger partial charge in [-0.25, -0.2) is 0 Å². The fourth-order valence-corrected chi connectivity index (χ4v) is 3.25. The van der Waals surface area contributed by atoms with E-state index in [0.717, 1.165) is 44.3 Å². The van der Waals surface area contributed by atoms with E-state index in [1.54, 1.807) is 0 Å². The Kier molecular flexibility index (Phi) is 4.05. The summed E-state index contributed by atoms with van der Waals surface area (Å²) >= 11 is 0. The molecule has 3 heteroatoms. The van der Waals surface area contributed by atoms with Gasteiger partial charge in [0.05, 0.1) is 11.3 Å². The third-order valence-electron chi connectivity index (χ3n) is 4.56. The molecule has 0 aliphatic heterocycles. The molecule has 19 heavy (non-hydrogen) atoms. The molecule has 3 nitrogen and oxygen atoms in total. The van der Waals surface area contributed by atoms with Gasteiger partial charge >= 0.3 is 0 Å². The molecule has 1 unspecified atom stereocenters. The predicted molar refractivity (Wildman–Crippen MR) is 78.2 cm³/mol. The van der Waals surface area contributed by atoms with Gasteiger partial charge < -0.3 is 5.11 Å². The highest BCUT2D eigenvalue weighted by molar-refractivity contribution is 5.12. The lowest BCUT2D eigenvalue weighted by atomic mass is 9.83. The number of aryl methyl sites for hydroxylation is 2. The summed E-state index contributed by atoms with van der Waals surface area (Å²) in [4.78, 5) is 0. The van der Waals surface area contributed by atoms with Crippen LogP contribution in [0.1, 0.15) is 64.3 Å². The Hall–Kier alpha value is -0.830. The molecule has 1 aliphatic carbocycles. The van der Waals surface area contributed by atoms with Crippen LogP contribution in [0.15, 0.2) is 6.07 Å². The van der Waals surface area contributed by atoms with E-state index >= 15 is 0 Å². The first-order valence-corrected chi connectivity index (χ1v) is 7.59. The Morgan fingerprint density at radius 2 is 2.00 bits per heavy atom. The third-order valence-corrected chi connectivity index (χ3v) is 4.56. The molecule has 1 aliphatic rings. The molecule has 2 rings (SSSR count). The molecule has 1 heterocycles. The Labute approximate surface area is 117 Å². The molecule has 0 spiro atoms. The van der Waals surface area contributed by atoms with Crippen molar-refractivity contribution in [2.24, 2.45) is 5.41 Å². The highest BCUT2D eigenvalue weighted by Crippen LogP contribution is 2.39. The maximum absolute atomic E-state index is 10.9. The van der Waals surface area contributed by atoms with Crippen molar-refractivity contribution in [1.29, 1.82) is 0 Å². The minimum absolute atomic E-state index is 0.380. The lowest BCUT2D eigenvalue weighted by molar-refractivity contribution is 0.0207. The minimum atomic E-state index is -0.535. The van der Waals surface area contributed by atoms with Gasteiger partial charge in [0.1, 0.15) is 0 Å². The van der Waals surface area contributed by atoms with E-state index in [1.165, 1.54) is 12.1 Å². The Morgan fingerprint density at radius 3 is 2.68 bits per heavy atom. The lowest BCUT2D eigenvalue weighted by Crippen LogP contribution is -2.32. The van der Waals surface area contributed by atoms with E-state index in [9.17, 15) is 5.11 Å². The van der Waals surface area contributed by atoms with Crippen LogP contribution in [0.5, 0.6) is 0 Å². The van der Waals surface area contributed by atoms with Gasteiger partial charge in [0, 0.05) is 18.7 Å². The molecular weight excluding hydrogens is 236 g/mol. The first-order chi connectivity index (χ1) is 8.84. The maximum Gasteiger partial charge on any atom is 0.0703 e. The molecule has 1 saturated carbocycles. The Balaban J connectivity index is 2.12. The van der Waals surface area contributed by atoms with Crippen molar-refractivity contribution in [3.05, 3.63) is 17.5 Å². The Bertz CT molecular complexity index is 436. The summed E-state index contributed by atoms with van der Waals surface area (Å²) in [6.45, 7) is 9.65. The summed E-state index contributed by atoms with van der Waals surface area (Å²) in [7, 11) is 0. The average molecular weight is 264 g/mol. The van der Waals surface area contributed by atoms with E-state index in [4.69, 9.17) is 0 Å². The number of aliphatic hydroxyl groups is 1. The SMILES string of the molecule is CCn1nc(C)cc1CC1(O)CCCC(C)(C)CC1. The number of nitrogens with zero attached hydrogens (tertiary/aromatic N) is 2. The van der Waals surface area contributed by atoms with Gasteiger partial charge in [0.25, 0.3) is 0 Å². The summed E-state index contributed by atoms with van der Waals surface area (Å²) in [6.07, 6.45) is 6.04. The van der Waals surface area contributed by atoms with Crippen LogP contribution < -0.4 is 0 Å². The van der Waals surface area contributed by atoms with Crippen molar-refractivity contribution in [3.8, 4) is 0 Å². The zero-order valence-corrected chi connectivity index (χ0v) is 12.9. The van der Waals surface area contributed by atoms with E-state index in [1.807, 2.05) is 11.6 Å². The van der Waals surface area contributed by atoms with Crippen molar-refractivity contribution < 1.29 is 5.11 Å². The van der Waals surface area contributed by atoms with Gasteiger partial charge in [-0.15, -0.1) is 0 Å². The fourth-order valence-electron chi connectivity index (χ4n) is 3.25. The summed E-state index contributed by atoms with van der Waals surface area (Å²) in [5, 5.41) is 15.4. The zero-order valence-electron chi connectivity index (χ0n) is 12.9. The molecule has 0 amide bonds. The number of aromatic nitrogens is 2. The van der Waals surface area contributed by atoms with Crippen LogP contribution in [0.4, 0.5) is 0 Å². The molecule has 0 saturated heterocycles. The lowest BCUT2D eigenvalue weighted by Gasteiger charge is -2.28. The van der Waals surface area contributed by atoms with Crippen LogP contribution in [0.2, 0.25) is 0 Å². The van der Waals surface area contributed by atoms with Crippen molar-refractivity contribution in [3.63, 3.8) is 0 Å². The van der Waals surface area contributed by atoms with Crippen LogP contribution >= 0.6 is 0 Å². The number of hydrogen-bond donors (Lipinski definition) is 1. The second kappa shape index (κ2) is 5.28. The minimum Gasteiger partial charge on any atom is -0.389 e. The third kappa shape index (κ3) is 3.59. The van der Waals surface area contributed by atoms with Crippen molar-refractivity contribution in [1.82, 2.24) is 9.78 Å². The number of rotatable bonds is 3. The molecule has 0 bridgehead atoms. The monoisotopic (exact) mass is 264 g/mol. The fraction of sp³-hybridized carbons (Fsp3) is 0.812. The molecule has 0 aromatic carbocycles. The molecule has 0 radical (unpaired) electrons. The van der Waals surface area contributed by atoms with Crippen LogP contribution in [-0.2, 0) is 13.0 Å². The smallest absolute Gasteiger partial charge is 0.0703 e. The molecule has 1 fully saturated rings. The van der Waals surface area contributed by atoms with E-state index in [2.05, 4.69) is 31.9 Å². The van der Waals surface area contributed by atoms with E-state index < -0.39 is 5.60 Å². The van der Waals surface area contributed by atoms with Crippen molar-refractivity contribution in [2.45, 2.75) is 78.4 Å². The largest absolute Gasteiger partial charge is 0.389 e. The second-order valence-electron chi connectivity index (χ2n) is 7.01. The van der Waals surface area contributed by atoms with Gasteiger partial charge in [0.15, 0.2) is 0 Å². The summed E-state index contributed by atoms with van der Waals surface area (Å²) in [5.41, 5.74) is 2.08. The van der Waals surface area contributed by atoms with Crippen molar-refractivity contribution >= 4 is 0 Å². The molecule has 108 valence electrons. The van der Waals surface area contributed by atoms with Crippen LogP contribution in [0.25, 0.3) is 0 Å². The van der Waals surface area contributed by atoms with Crippen LogP contribution in [-0.4, -0.2) is 20.5 Å². The molecule has 1 N–H and O–H groups in total. The Morgan fingerprint density at radius 1 is 1.26 bits per heavy atom. The van der Waals surface area contributed by atoms with Crippen LogP contribution in [0, 0.1) is 12.3 Å². The van der Waals surface area contributed by atoms with E-state index in [-0.39, 0.29) is 0 Å². The van der Waals surface area contributed by atoms with Gasteiger partial charge in [-0.3, -0.25) is 4.68 Å². The van der Waals surface area contributed by atoms with Crippen molar-refractivity contribution in [2.75, 3.05) is 0 Å². The topological polar surface area (TPSA) is 38.0 Å². The number of hydrogen-bond acceptors (Lipinski definition) is 2. The molecule has 1 aromatic rings. The van der Waals surface area contributed by atoms with Gasteiger partial charge in [-0.2, -0.15) is 5.10 Å². The molecule has 1 atom stereocenters. The highest BCUT2D eigenvalue weighted by Gasteiger charge is 2.34. The standard InChI is InChI=1S/C16H28N2O/c1-5-18-14(11-13(2)17-18)12-16(19)8-6-7-15(3,4)9-10-16/h11,19H,5-10,12H2,1-4H3. The second-order valence-corrected chi connectivity index (χ2v) is 7.01. The summed E-state index contributed by atoms with van der Waals surface area (Å²) < 4.78 is 2.03. The molecular formula is C16H28N2O. The highest BCUT2D eigenvalue weighted by atomic mass is 16.3. The van der Waals surface area contributed by atoms with Gasteiger partial charge in [-0.05, 0) is 51.0 Å². The summed E-state index contributed by atoms with van der Waals surface area (Å²) in [6, 6.07) is 2.12. The maximum atomic E-state index is 10.9. The zero-order chi connectivity index (χ0) is 14.1. The first-order valence-electron chi connectivity index (χ1n) is 7.59. The quantitative estimate of drug-likeness (QED) is 0.849. The van der Waals surface area contributed by atoms with E-state index in [0.29, 0.717) is 5.41 Å². The van der Waals surface area contributed by atoms with Crippen LogP contribution in [0.3, 0.4) is 0 Å². The van der Waals surface area contributed by atoms with Gasteiger partial charge in [0.2, 0.25) is 0 Å². The predicted octanol–water partition coefficient (Wildman–Crippen LogP) is 3.48.